The molecule has 2 N–H and O–H groups in total. The van der Waals surface area contributed by atoms with Gasteiger partial charge in [-0.2, -0.15) is 0 Å². The lowest BCUT2D eigenvalue weighted by molar-refractivity contribution is 0.530. The van der Waals surface area contributed by atoms with E-state index in [-0.39, 0.29) is 15.3 Å². The fourth-order valence-electron chi connectivity index (χ4n) is 1.94. The van der Waals surface area contributed by atoms with Crippen molar-refractivity contribution in [1.82, 2.24) is 10.0 Å². The molecule has 1 fully saturated rings. The Hall–Kier alpha value is -0.330. The lowest BCUT2D eigenvalue weighted by atomic mass is 10.2. The van der Waals surface area contributed by atoms with Crippen molar-refractivity contribution in [3.8, 4) is 0 Å². The maximum atomic E-state index is 12.4. The van der Waals surface area contributed by atoms with E-state index in [1.165, 1.54) is 6.07 Å². The number of nitrogens with one attached hydrogen (secondary N) is 2. The average Bonchev–Trinajstić information content (AvgIpc) is 3.16. The molecule has 0 aliphatic heterocycles. The molecule has 0 unspecified atom stereocenters. The first-order valence-corrected chi connectivity index (χ1v) is 9.20. The zero-order chi connectivity index (χ0) is 15.7. The minimum atomic E-state index is -3.65. The van der Waals surface area contributed by atoms with Crippen molar-refractivity contribution in [2.75, 3.05) is 13.1 Å². The summed E-state index contributed by atoms with van der Waals surface area (Å²) in [5.41, 5.74) is 0.772. The van der Waals surface area contributed by atoms with E-state index in [1.807, 2.05) is 6.92 Å². The van der Waals surface area contributed by atoms with Crippen molar-refractivity contribution in [2.45, 2.75) is 38.1 Å². The standard InChI is InChI=1S/C14H20Cl2N2O2S/c1-3-17-8-10-6-11(15)7-12(13(10)16)21(19,20)18-9-14(2)4-5-14/h6-7,17-18H,3-5,8-9H2,1-2H3. The molecule has 0 radical (unpaired) electrons. The number of hydrogen-bond donors (Lipinski definition) is 2. The SMILES string of the molecule is CCNCc1cc(Cl)cc(S(=O)(=O)NCC2(C)CC2)c1Cl. The van der Waals surface area contributed by atoms with Crippen LogP contribution in [0.4, 0.5) is 0 Å². The van der Waals surface area contributed by atoms with Gasteiger partial charge in [0.2, 0.25) is 10.0 Å². The van der Waals surface area contributed by atoms with Crippen LogP contribution in [0.3, 0.4) is 0 Å². The monoisotopic (exact) mass is 350 g/mol. The van der Waals surface area contributed by atoms with Crippen LogP contribution in [0, 0.1) is 5.41 Å². The quantitative estimate of drug-likeness (QED) is 0.793. The molecule has 1 aromatic carbocycles. The number of hydrogen-bond acceptors (Lipinski definition) is 3. The molecule has 0 bridgehead atoms. The molecular weight excluding hydrogens is 331 g/mol. The molecule has 0 saturated heterocycles. The van der Waals surface area contributed by atoms with Gasteiger partial charge in [-0.25, -0.2) is 13.1 Å². The number of sulfonamides is 1. The highest BCUT2D eigenvalue weighted by Gasteiger charge is 2.38. The van der Waals surface area contributed by atoms with Gasteiger partial charge in [0, 0.05) is 18.1 Å². The second-order valence-electron chi connectivity index (χ2n) is 5.79. The van der Waals surface area contributed by atoms with E-state index in [0.29, 0.717) is 23.7 Å². The van der Waals surface area contributed by atoms with Crippen LogP contribution in [-0.2, 0) is 16.6 Å². The molecule has 2 rings (SSSR count). The molecule has 0 amide bonds. The van der Waals surface area contributed by atoms with Gasteiger partial charge in [0.1, 0.15) is 4.90 Å². The van der Waals surface area contributed by atoms with E-state index in [4.69, 9.17) is 23.2 Å². The molecule has 0 spiro atoms. The van der Waals surface area contributed by atoms with Gasteiger partial charge < -0.3 is 5.32 Å². The zero-order valence-electron chi connectivity index (χ0n) is 12.2. The van der Waals surface area contributed by atoms with E-state index in [9.17, 15) is 8.42 Å². The van der Waals surface area contributed by atoms with E-state index >= 15 is 0 Å². The summed E-state index contributed by atoms with van der Waals surface area (Å²) < 4.78 is 27.5. The third-order valence-corrected chi connectivity index (χ3v) is 5.93. The van der Waals surface area contributed by atoms with Crippen molar-refractivity contribution < 1.29 is 8.42 Å². The van der Waals surface area contributed by atoms with Gasteiger partial charge >= 0.3 is 0 Å². The van der Waals surface area contributed by atoms with Gasteiger partial charge in [-0.1, -0.05) is 37.0 Å². The smallest absolute Gasteiger partial charge is 0.242 e. The predicted molar refractivity (Wildman–Crippen MR) is 86.4 cm³/mol. The molecule has 1 aliphatic carbocycles. The Morgan fingerprint density at radius 1 is 1.29 bits per heavy atom. The maximum absolute atomic E-state index is 12.4. The highest BCUT2D eigenvalue weighted by atomic mass is 35.5. The van der Waals surface area contributed by atoms with Crippen molar-refractivity contribution in [3.63, 3.8) is 0 Å². The van der Waals surface area contributed by atoms with Crippen molar-refractivity contribution in [2.24, 2.45) is 5.41 Å². The minimum Gasteiger partial charge on any atom is -0.313 e. The molecule has 1 aromatic rings. The molecule has 0 atom stereocenters. The van der Waals surface area contributed by atoms with Gasteiger partial charge in [0.05, 0.1) is 5.02 Å². The van der Waals surface area contributed by atoms with Crippen molar-refractivity contribution >= 4 is 33.2 Å². The first kappa shape index (κ1) is 17.0. The Morgan fingerprint density at radius 2 is 1.95 bits per heavy atom. The Labute approximate surface area is 136 Å². The Morgan fingerprint density at radius 3 is 2.52 bits per heavy atom. The summed E-state index contributed by atoms with van der Waals surface area (Å²) in [6.07, 6.45) is 2.09. The Kier molecular flexibility index (Phi) is 5.21. The van der Waals surface area contributed by atoms with Gasteiger partial charge in [0.25, 0.3) is 0 Å². The molecule has 21 heavy (non-hydrogen) atoms. The van der Waals surface area contributed by atoms with Crippen LogP contribution in [0.15, 0.2) is 17.0 Å². The molecule has 0 aromatic heterocycles. The van der Waals surface area contributed by atoms with Crippen LogP contribution in [0.25, 0.3) is 0 Å². The fraction of sp³-hybridized carbons (Fsp3) is 0.571. The molecular formula is C14H20Cl2N2O2S. The third-order valence-electron chi connectivity index (χ3n) is 3.73. The molecule has 1 saturated carbocycles. The van der Waals surface area contributed by atoms with E-state index in [2.05, 4.69) is 17.0 Å². The summed E-state index contributed by atoms with van der Waals surface area (Å²) >= 11 is 12.3. The van der Waals surface area contributed by atoms with E-state index in [0.717, 1.165) is 19.4 Å². The molecule has 1 aliphatic rings. The lowest BCUT2D eigenvalue weighted by Gasteiger charge is -2.14. The molecule has 4 nitrogen and oxygen atoms in total. The Bertz CT molecular complexity index is 628. The number of benzene rings is 1. The third kappa shape index (κ3) is 4.33. The minimum absolute atomic E-state index is 0.0498. The molecule has 7 heteroatoms. The molecule has 118 valence electrons. The average molecular weight is 351 g/mol. The summed E-state index contributed by atoms with van der Waals surface area (Å²) in [6, 6.07) is 3.09. The summed E-state index contributed by atoms with van der Waals surface area (Å²) in [7, 11) is -3.65. The molecule has 0 heterocycles. The summed E-state index contributed by atoms with van der Waals surface area (Å²) in [4.78, 5) is 0.0498. The highest BCUT2D eigenvalue weighted by Crippen LogP contribution is 2.44. The van der Waals surface area contributed by atoms with Gasteiger partial charge in [-0.3, -0.25) is 0 Å². The van der Waals surface area contributed by atoms with Crippen LogP contribution in [0.1, 0.15) is 32.3 Å². The zero-order valence-corrected chi connectivity index (χ0v) is 14.5. The van der Waals surface area contributed by atoms with Crippen LogP contribution in [0.2, 0.25) is 10.0 Å². The second-order valence-corrected chi connectivity index (χ2v) is 8.34. The number of rotatable bonds is 7. The Balaban J connectivity index is 2.26. The largest absolute Gasteiger partial charge is 0.313 e. The van der Waals surface area contributed by atoms with Crippen LogP contribution >= 0.6 is 23.2 Å². The van der Waals surface area contributed by atoms with E-state index < -0.39 is 10.0 Å². The van der Waals surface area contributed by atoms with Crippen LogP contribution in [0.5, 0.6) is 0 Å². The fourth-order valence-corrected chi connectivity index (χ4v) is 4.07. The normalized spacial score (nSPS) is 17.0. The summed E-state index contributed by atoms with van der Waals surface area (Å²) in [6.45, 7) is 5.71. The van der Waals surface area contributed by atoms with Gasteiger partial charge in [-0.05, 0) is 42.5 Å². The number of halogens is 2. The van der Waals surface area contributed by atoms with E-state index in [1.54, 1.807) is 6.07 Å². The first-order chi connectivity index (χ1) is 9.77. The van der Waals surface area contributed by atoms with Gasteiger partial charge in [0.15, 0.2) is 0 Å². The van der Waals surface area contributed by atoms with Crippen molar-refractivity contribution in [3.05, 3.63) is 27.7 Å². The first-order valence-electron chi connectivity index (χ1n) is 6.96. The summed E-state index contributed by atoms with van der Waals surface area (Å²) in [5.74, 6) is 0. The second kappa shape index (κ2) is 6.42. The van der Waals surface area contributed by atoms with Crippen LogP contribution < -0.4 is 10.0 Å². The highest BCUT2D eigenvalue weighted by molar-refractivity contribution is 7.89. The lowest BCUT2D eigenvalue weighted by Crippen LogP contribution is -2.29. The predicted octanol–water partition coefficient (Wildman–Crippen LogP) is 3.18. The van der Waals surface area contributed by atoms with Crippen molar-refractivity contribution in [1.29, 1.82) is 0 Å². The topological polar surface area (TPSA) is 58.2 Å². The maximum Gasteiger partial charge on any atom is 0.242 e. The van der Waals surface area contributed by atoms with Gasteiger partial charge in [-0.15, -0.1) is 0 Å². The van der Waals surface area contributed by atoms with Crippen LogP contribution in [-0.4, -0.2) is 21.5 Å². The summed E-state index contributed by atoms with van der Waals surface area (Å²) in [5, 5.41) is 3.72.